The van der Waals surface area contributed by atoms with Gasteiger partial charge >= 0.3 is 0 Å². The van der Waals surface area contributed by atoms with Crippen molar-refractivity contribution in [3.8, 4) is 5.69 Å². The molecule has 0 bridgehead atoms. The molecule has 1 N–H and O–H groups in total. The molecule has 0 radical (unpaired) electrons. The number of rotatable bonds is 8. The minimum Gasteiger partial charge on any atom is -0.309 e. The van der Waals surface area contributed by atoms with Crippen molar-refractivity contribution in [3.05, 3.63) is 95.9 Å². The maximum absolute atomic E-state index is 12.6. The Morgan fingerprint density at radius 2 is 1.74 bits per heavy atom. The molecule has 0 saturated carbocycles. The van der Waals surface area contributed by atoms with Crippen LogP contribution < -0.4 is 5.32 Å². The maximum atomic E-state index is 12.6. The Hall–Kier alpha value is -3.71. The van der Waals surface area contributed by atoms with Gasteiger partial charge in [-0.25, -0.2) is 4.68 Å². The van der Waals surface area contributed by atoms with Crippen LogP contribution in [0.3, 0.4) is 0 Å². The van der Waals surface area contributed by atoms with Gasteiger partial charge in [-0.15, -0.1) is 0 Å². The fourth-order valence-corrected chi connectivity index (χ4v) is 3.49. The number of carbonyl (C=O) groups excluding carboxylic acids is 1. The van der Waals surface area contributed by atoms with Crippen LogP contribution in [0.4, 0.5) is 5.82 Å². The zero-order chi connectivity index (χ0) is 21.6. The Balaban J connectivity index is 1.34. The number of para-hydroxylation sites is 1. The van der Waals surface area contributed by atoms with E-state index in [1.165, 1.54) is 5.56 Å². The largest absolute Gasteiger partial charge is 0.309 e. The molecule has 0 aliphatic carbocycles. The molecule has 1 amide bonds. The minimum atomic E-state index is -0.0868. The van der Waals surface area contributed by atoms with E-state index in [2.05, 4.69) is 27.6 Å². The number of hydrogen-bond donors (Lipinski definition) is 1. The fraction of sp³-hybridized carbons (Fsp3) is 0.208. The summed E-state index contributed by atoms with van der Waals surface area (Å²) in [6.07, 6.45) is 3.88. The molecule has 4 rings (SSSR count). The van der Waals surface area contributed by atoms with Gasteiger partial charge in [0.2, 0.25) is 5.91 Å². The Kier molecular flexibility index (Phi) is 6.24. The Morgan fingerprint density at radius 1 is 1.03 bits per heavy atom. The first-order valence-electron chi connectivity index (χ1n) is 10.2. The highest BCUT2D eigenvalue weighted by molar-refractivity contribution is 5.91. The lowest BCUT2D eigenvalue weighted by atomic mass is 10.2. The first kappa shape index (κ1) is 20.6. The summed E-state index contributed by atoms with van der Waals surface area (Å²) in [6, 6.07) is 21.9. The molecule has 0 atom stereocenters. The smallest absolute Gasteiger partial charge is 0.239 e. The van der Waals surface area contributed by atoms with Crippen LogP contribution in [-0.4, -0.2) is 44.0 Å². The van der Waals surface area contributed by atoms with Crippen LogP contribution in [0.1, 0.15) is 16.8 Å². The second-order valence-corrected chi connectivity index (χ2v) is 7.67. The number of aromatic nitrogens is 4. The van der Waals surface area contributed by atoms with E-state index in [-0.39, 0.29) is 12.5 Å². The number of carbonyl (C=O) groups is 1. The quantitative estimate of drug-likeness (QED) is 0.479. The molecule has 31 heavy (non-hydrogen) atoms. The highest BCUT2D eigenvalue weighted by Gasteiger charge is 2.13. The molecule has 7 nitrogen and oxygen atoms in total. The molecular weight excluding hydrogens is 388 g/mol. The lowest BCUT2D eigenvalue weighted by molar-refractivity contribution is -0.117. The van der Waals surface area contributed by atoms with Crippen molar-refractivity contribution >= 4 is 11.7 Å². The molecule has 0 spiro atoms. The average Bonchev–Trinajstić information content (AvgIpc) is 3.35. The summed E-state index contributed by atoms with van der Waals surface area (Å²) < 4.78 is 3.67. The number of nitrogens with one attached hydrogen (secondary N) is 1. The van der Waals surface area contributed by atoms with E-state index in [1.54, 1.807) is 4.68 Å². The maximum Gasteiger partial charge on any atom is 0.239 e. The molecule has 158 valence electrons. The van der Waals surface area contributed by atoms with E-state index < -0.39 is 0 Å². The standard InChI is InChI=1S/C24H26N6O/c1-19-13-23(30(27-19)22-11-7-4-8-12-22)26-24(31)18-28(2)15-21-14-25-29(17-21)16-20-9-5-3-6-10-20/h3-14,17H,15-16,18H2,1-2H3,(H,26,31). The van der Waals surface area contributed by atoms with Gasteiger partial charge in [0, 0.05) is 24.4 Å². The molecule has 0 aliphatic rings. The normalized spacial score (nSPS) is 11.1. The summed E-state index contributed by atoms with van der Waals surface area (Å²) in [6.45, 7) is 3.55. The first-order valence-corrected chi connectivity index (χ1v) is 10.2. The summed E-state index contributed by atoms with van der Waals surface area (Å²) in [5, 5.41) is 11.9. The van der Waals surface area contributed by atoms with Gasteiger partial charge < -0.3 is 5.32 Å². The molecular formula is C24H26N6O. The lowest BCUT2D eigenvalue weighted by Gasteiger charge is -2.15. The van der Waals surface area contributed by atoms with Gasteiger partial charge in [-0.3, -0.25) is 14.4 Å². The number of likely N-dealkylation sites (N-methyl/N-ethyl adjacent to an activating group) is 1. The zero-order valence-corrected chi connectivity index (χ0v) is 17.8. The fourth-order valence-electron chi connectivity index (χ4n) is 3.49. The van der Waals surface area contributed by atoms with Crippen LogP contribution in [0.2, 0.25) is 0 Å². The van der Waals surface area contributed by atoms with E-state index in [4.69, 9.17) is 0 Å². The van der Waals surface area contributed by atoms with E-state index in [9.17, 15) is 4.79 Å². The Labute approximate surface area is 181 Å². The number of hydrogen-bond acceptors (Lipinski definition) is 4. The molecule has 0 fully saturated rings. The molecule has 0 aliphatic heterocycles. The van der Waals surface area contributed by atoms with Crippen molar-refractivity contribution in [2.45, 2.75) is 20.0 Å². The van der Waals surface area contributed by atoms with E-state index in [0.29, 0.717) is 12.4 Å². The molecule has 2 aromatic heterocycles. The van der Waals surface area contributed by atoms with Crippen LogP contribution in [0, 0.1) is 6.92 Å². The summed E-state index contributed by atoms with van der Waals surface area (Å²) in [5.74, 6) is 0.578. The third-order valence-electron chi connectivity index (χ3n) is 4.84. The molecule has 2 heterocycles. The van der Waals surface area contributed by atoms with Gasteiger partial charge in [0.05, 0.1) is 30.7 Å². The van der Waals surface area contributed by atoms with E-state index >= 15 is 0 Å². The lowest BCUT2D eigenvalue weighted by Crippen LogP contribution is -2.30. The summed E-state index contributed by atoms with van der Waals surface area (Å²) >= 11 is 0. The van der Waals surface area contributed by atoms with Crippen molar-refractivity contribution in [3.63, 3.8) is 0 Å². The van der Waals surface area contributed by atoms with Crippen LogP contribution >= 0.6 is 0 Å². The topological polar surface area (TPSA) is 68.0 Å². The molecule has 0 unspecified atom stereocenters. The first-order chi connectivity index (χ1) is 15.1. The van der Waals surface area contributed by atoms with Gasteiger partial charge in [-0.05, 0) is 31.7 Å². The number of amides is 1. The summed E-state index contributed by atoms with van der Waals surface area (Å²) in [5.41, 5.74) is 4.02. The predicted molar refractivity (Wildman–Crippen MR) is 121 cm³/mol. The second-order valence-electron chi connectivity index (χ2n) is 7.67. The summed E-state index contributed by atoms with van der Waals surface area (Å²) in [7, 11) is 1.92. The minimum absolute atomic E-state index is 0.0868. The van der Waals surface area contributed by atoms with Crippen molar-refractivity contribution < 1.29 is 4.79 Å². The third kappa shape index (κ3) is 5.46. The Bertz CT molecular complexity index is 1130. The van der Waals surface area contributed by atoms with Gasteiger partial charge in [0.25, 0.3) is 0 Å². The number of anilines is 1. The monoisotopic (exact) mass is 414 g/mol. The number of nitrogens with zero attached hydrogens (tertiary/aromatic N) is 5. The zero-order valence-electron chi connectivity index (χ0n) is 17.8. The van der Waals surface area contributed by atoms with Crippen LogP contribution in [0.15, 0.2) is 79.1 Å². The van der Waals surface area contributed by atoms with Gasteiger partial charge in [-0.2, -0.15) is 10.2 Å². The van der Waals surface area contributed by atoms with E-state index in [1.807, 2.05) is 90.5 Å². The molecule has 0 saturated heterocycles. The molecule has 2 aromatic carbocycles. The van der Waals surface area contributed by atoms with E-state index in [0.717, 1.165) is 23.5 Å². The summed E-state index contributed by atoms with van der Waals surface area (Å²) in [4.78, 5) is 14.6. The number of benzene rings is 2. The Morgan fingerprint density at radius 3 is 2.48 bits per heavy atom. The van der Waals surface area contributed by atoms with Crippen molar-refractivity contribution in [1.29, 1.82) is 0 Å². The van der Waals surface area contributed by atoms with Crippen LogP contribution in [-0.2, 0) is 17.9 Å². The average molecular weight is 415 g/mol. The molecule has 4 aromatic rings. The third-order valence-corrected chi connectivity index (χ3v) is 4.84. The molecule has 7 heteroatoms. The second kappa shape index (κ2) is 9.40. The SMILES string of the molecule is Cc1cc(NC(=O)CN(C)Cc2cnn(Cc3ccccc3)c2)n(-c2ccccc2)n1. The van der Waals surface area contributed by atoms with Crippen molar-refractivity contribution in [2.75, 3.05) is 18.9 Å². The highest BCUT2D eigenvalue weighted by atomic mass is 16.2. The highest BCUT2D eigenvalue weighted by Crippen LogP contribution is 2.17. The van der Waals surface area contributed by atoms with Crippen molar-refractivity contribution in [1.82, 2.24) is 24.5 Å². The van der Waals surface area contributed by atoms with Crippen LogP contribution in [0.25, 0.3) is 5.69 Å². The predicted octanol–water partition coefficient (Wildman–Crippen LogP) is 3.50. The van der Waals surface area contributed by atoms with Crippen LogP contribution in [0.5, 0.6) is 0 Å². The number of aryl methyl sites for hydroxylation is 1. The van der Waals surface area contributed by atoms with Crippen molar-refractivity contribution in [2.24, 2.45) is 0 Å². The van der Waals surface area contributed by atoms with Gasteiger partial charge in [0.1, 0.15) is 5.82 Å². The van der Waals surface area contributed by atoms with Gasteiger partial charge in [-0.1, -0.05) is 48.5 Å². The van der Waals surface area contributed by atoms with Gasteiger partial charge in [0.15, 0.2) is 0 Å².